The zero-order chi connectivity index (χ0) is 24.9. The van der Waals surface area contributed by atoms with Gasteiger partial charge in [-0.05, 0) is 37.3 Å². The molecule has 14 heteroatoms. The number of pyridine rings is 1. The minimum absolute atomic E-state index is 0.0105. The van der Waals surface area contributed by atoms with Gasteiger partial charge in [-0.25, -0.2) is 13.8 Å². The average Bonchev–Trinajstić information content (AvgIpc) is 3.47. The third-order valence-corrected chi connectivity index (χ3v) is 6.94. The number of hydrogen-bond acceptors (Lipinski definition) is 5. The summed E-state index contributed by atoms with van der Waals surface area (Å²) in [6, 6.07) is 1.27. The van der Waals surface area contributed by atoms with E-state index in [2.05, 4.69) is 15.4 Å². The van der Waals surface area contributed by atoms with E-state index in [1.54, 1.807) is 0 Å². The summed E-state index contributed by atoms with van der Waals surface area (Å²) >= 11 is 6.52. The Morgan fingerprint density at radius 1 is 1.35 bits per heavy atom. The normalized spacial score (nSPS) is 14.2. The van der Waals surface area contributed by atoms with E-state index in [9.17, 15) is 31.5 Å². The van der Waals surface area contributed by atoms with Gasteiger partial charge in [-0.3, -0.25) is 14.3 Å². The number of rotatable bonds is 7. The van der Waals surface area contributed by atoms with Crippen molar-refractivity contribution in [1.82, 2.24) is 14.8 Å². The molecule has 2 amide bonds. The molecule has 1 aliphatic carbocycles. The minimum atomic E-state index is -4.75. The van der Waals surface area contributed by atoms with E-state index in [0.29, 0.717) is 10.9 Å². The molecule has 7 nitrogen and oxygen atoms in total. The number of carbonyl (C=O) groups is 2. The Balaban J connectivity index is 1.64. The molecule has 1 fully saturated rings. The molecule has 0 saturated heterocycles. The largest absolute Gasteiger partial charge is 0.436 e. The summed E-state index contributed by atoms with van der Waals surface area (Å²) in [5, 5.41) is 5.84. The van der Waals surface area contributed by atoms with Gasteiger partial charge in [0, 0.05) is 11.8 Å². The number of anilines is 1. The smallest absolute Gasteiger partial charge is 0.365 e. The van der Waals surface area contributed by atoms with Crippen LogP contribution in [0.1, 0.15) is 63.9 Å². The second kappa shape index (κ2) is 8.77. The fraction of sp³-hybridized carbons (Fsp3) is 0.400. The molecule has 3 N–H and O–H groups in total. The number of fused-ring (bicyclic) bond motifs is 1. The number of aromatic nitrogens is 3. The number of hydrogen-bond donors (Lipinski definition) is 2. The summed E-state index contributed by atoms with van der Waals surface area (Å²) in [5.41, 5.74) is 4.42. The lowest BCUT2D eigenvalue weighted by Gasteiger charge is -2.10. The molecule has 182 valence electrons. The van der Waals surface area contributed by atoms with Gasteiger partial charge in [0.2, 0.25) is 5.91 Å². The third kappa shape index (κ3) is 4.58. The number of halogens is 6. The van der Waals surface area contributed by atoms with Crippen LogP contribution in [0, 0.1) is 6.92 Å². The molecule has 0 atom stereocenters. The Kier molecular flexibility index (Phi) is 6.27. The van der Waals surface area contributed by atoms with Gasteiger partial charge >= 0.3 is 6.18 Å². The van der Waals surface area contributed by atoms with Gasteiger partial charge in [0.05, 0.1) is 22.9 Å². The molecule has 1 aliphatic rings. The fourth-order valence-corrected chi connectivity index (χ4v) is 4.86. The highest BCUT2D eigenvalue weighted by Crippen LogP contribution is 2.48. The molecular formula is C20H17ClF5N5O2S. The number of aryl methyl sites for hydroxylation is 1. The van der Waals surface area contributed by atoms with Gasteiger partial charge in [-0.1, -0.05) is 11.6 Å². The van der Waals surface area contributed by atoms with Gasteiger partial charge in [-0.2, -0.15) is 18.3 Å². The molecule has 1 saturated carbocycles. The molecule has 0 spiro atoms. The van der Waals surface area contributed by atoms with Crippen LogP contribution in [0.3, 0.4) is 0 Å². The van der Waals surface area contributed by atoms with E-state index in [1.807, 2.05) is 0 Å². The Morgan fingerprint density at radius 3 is 2.56 bits per heavy atom. The monoisotopic (exact) mass is 521 g/mol. The van der Waals surface area contributed by atoms with Crippen molar-refractivity contribution in [3.63, 3.8) is 0 Å². The standard InChI is InChI=1S/C20H17ClF5N5O2S/c1-7-13(21)16(20(24,25)26)30-31(7)5-4-11(32)29-14-12-9(8-2-3-8)6-10(17(22)23)28-19(12)34-15(14)18(27)33/h6,8,17H,2-5H2,1H3,(H2,27,33)(H,29,32). The Labute approximate surface area is 198 Å². The fourth-order valence-electron chi connectivity index (χ4n) is 3.60. The maximum absolute atomic E-state index is 13.3. The number of alkyl halides is 5. The predicted octanol–water partition coefficient (Wildman–Crippen LogP) is 5.42. The third-order valence-electron chi connectivity index (χ3n) is 5.39. The van der Waals surface area contributed by atoms with Crippen LogP contribution in [0.4, 0.5) is 27.6 Å². The first-order valence-electron chi connectivity index (χ1n) is 10.0. The number of nitrogens with zero attached hydrogens (tertiary/aromatic N) is 3. The minimum Gasteiger partial charge on any atom is -0.365 e. The Hall–Kier alpha value is -2.80. The van der Waals surface area contributed by atoms with E-state index >= 15 is 0 Å². The Morgan fingerprint density at radius 2 is 2.03 bits per heavy atom. The van der Waals surface area contributed by atoms with Gasteiger partial charge < -0.3 is 11.1 Å². The zero-order valence-electron chi connectivity index (χ0n) is 17.5. The maximum Gasteiger partial charge on any atom is 0.436 e. The van der Waals surface area contributed by atoms with Crippen LogP contribution in [-0.4, -0.2) is 26.6 Å². The zero-order valence-corrected chi connectivity index (χ0v) is 19.0. The average molecular weight is 522 g/mol. The summed E-state index contributed by atoms with van der Waals surface area (Å²) in [7, 11) is 0. The summed E-state index contributed by atoms with van der Waals surface area (Å²) in [5.74, 6) is -1.52. The van der Waals surface area contributed by atoms with E-state index in [1.165, 1.54) is 13.0 Å². The molecule has 4 rings (SSSR count). The predicted molar refractivity (Wildman–Crippen MR) is 115 cm³/mol. The summed E-state index contributed by atoms with van der Waals surface area (Å²) in [6.45, 7) is 1.12. The first-order chi connectivity index (χ1) is 15.9. The Bertz CT molecular complexity index is 1300. The van der Waals surface area contributed by atoms with Crippen LogP contribution < -0.4 is 11.1 Å². The number of thiophene rings is 1. The molecule has 0 bridgehead atoms. The van der Waals surface area contributed by atoms with Crippen molar-refractivity contribution in [3.8, 4) is 0 Å². The van der Waals surface area contributed by atoms with Crippen LogP contribution in [-0.2, 0) is 17.5 Å². The van der Waals surface area contributed by atoms with E-state index in [4.69, 9.17) is 17.3 Å². The van der Waals surface area contributed by atoms with Crippen molar-refractivity contribution >= 4 is 50.7 Å². The molecule has 0 aromatic carbocycles. The number of amides is 2. The van der Waals surface area contributed by atoms with Gasteiger partial charge in [-0.15, -0.1) is 11.3 Å². The van der Waals surface area contributed by atoms with Crippen molar-refractivity contribution < 1.29 is 31.5 Å². The first kappa shape index (κ1) is 24.3. The summed E-state index contributed by atoms with van der Waals surface area (Å²) < 4.78 is 66.7. The molecule has 0 radical (unpaired) electrons. The second-order valence-electron chi connectivity index (χ2n) is 7.83. The van der Waals surface area contributed by atoms with Crippen LogP contribution in [0.25, 0.3) is 10.2 Å². The van der Waals surface area contributed by atoms with E-state index in [0.717, 1.165) is 28.9 Å². The highest BCUT2D eigenvalue weighted by Gasteiger charge is 2.38. The lowest BCUT2D eigenvalue weighted by Crippen LogP contribution is -2.19. The van der Waals surface area contributed by atoms with Crippen molar-refractivity contribution in [2.75, 3.05) is 5.32 Å². The summed E-state index contributed by atoms with van der Waals surface area (Å²) in [6.07, 6.45) is -6.34. The lowest BCUT2D eigenvalue weighted by atomic mass is 10.0. The summed E-state index contributed by atoms with van der Waals surface area (Å²) in [4.78, 5) is 28.7. The van der Waals surface area contributed by atoms with Crippen molar-refractivity contribution in [2.24, 2.45) is 5.73 Å². The molecule has 3 heterocycles. The molecule has 3 aromatic rings. The van der Waals surface area contributed by atoms with Crippen LogP contribution in [0.15, 0.2) is 6.07 Å². The highest BCUT2D eigenvalue weighted by atomic mass is 35.5. The second-order valence-corrected chi connectivity index (χ2v) is 9.21. The maximum atomic E-state index is 13.3. The SMILES string of the molecule is Cc1c(Cl)c(C(F)(F)F)nn1CCC(=O)Nc1c(C(N)=O)sc2nc(C(F)F)cc(C3CC3)c12. The molecule has 3 aromatic heterocycles. The number of primary amides is 1. The quantitative estimate of drug-likeness (QED) is 0.405. The molecule has 0 aliphatic heterocycles. The van der Waals surface area contributed by atoms with Crippen LogP contribution in [0.5, 0.6) is 0 Å². The van der Waals surface area contributed by atoms with Crippen LogP contribution in [0.2, 0.25) is 5.02 Å². The van der Waals surface area contributed by atoms with Crippen molar-refractivity contribution in [2.45, 2.75) is 51.3 Å². The van der Waals surface area contributed by atoms with Gasteiger partial charge in [0.15, 0.2) is 5.69 Å². The number of nitrogens with two attached hydrogens (primary N) is 1. The lowest BCUT2D eigenvalue weighted by molar-refractivity contribution is -0.141. The van der Waals surface area contributed by atoms with E-state index < -0.39 is 40.8 Å². The molecule has 34 heavy (non-hydrogen) atoms. The molecule has 0 unspecified atom stereocenters. The van der Waals surface area contributed by atoms with Crippen molar-refractivity contribution in [3.05, 3.63) is 38.6 Å². The number of nitrogens with one attached hydrogen (secondary N) is 1. The van der Waals surface area contributed by atoms with Gasteiger partial charge in [0.25, 0.3) is 12.3 Å². The van der Waals surface area contributed by atoms with E-state index in [-0.39, 0.29) is 40.0 Å². The van der Waals surface area contributed by atoms with Gasteiger partial charge in [0.1, 0.15) is 15.4 Å². The highest BCUT2D eigenvalue weighted by molar-refractivity contribution is 7.21. The number of carbonyl (C=O) groups excluding carboxylic acids is 2. The van der Waals surface area contributed by atoms with Crippen molar-refractivity contribution in [1.29, 1.82) is 0 Å². The molecular weight excluding hydrogens is 505 g/mol. The topological polar surface area (TPSA) is 103 Å². The van der Waals surface area contributed by atoms with Crippen LogP contribution >= 0.6 is 22.9 Å². The first-order valence-corrected chi connectivity index (χ1v) is 11.2.